The maximum absolute atomic E-state index is 12.2. The molecular formula is C23H28O4. The molecule has 2 rings (SSSR count). The zero-order chi connectivity index (χ0) is 19.3. The van der Waals surface area contributed by atoms with Gasteiger partial charge in [0.25, 0.3) is 0 Å². The molecule has 0 aliphatic heterocycles. The molecule has 2 aromatic rings. The molecule has 4 heteroatoms. The molecule has 0 atom stereocenters. The Morgan fingerprint density at radius 2 is 1.44 bits per heavy atom. The summed E-state index contributed by atoms with van der Waals surface area (Å²) in [4.78, 5) is 12.2. The molecule has 0 saturated heterocycles. The van der Waals surface area contributed by atoms with Crippen LogP contribution in [0.3, 0.4) is 0 Å². The van der Waals surface area contributed by atoms with Crippen molar-refractivity contribution in [1.82, 2.24) is 0 Å². The molecule has 0 aliphatic carbocycles. The van der Waals surface area contributed by atoms with Gasteiger partial charge < -0.3 is 14.2 Å². The molecule has 144 valence electrons. The van der Waals surface area contributed by atoms with E-state index < -0.39 is 5.97 Å². The molecule has 0 spiro atoms. The van der Waals surface area contributed by atoms with Gasteiger partial charge in [-0.05, 0) is 61.4 Å². The number of unbranched alkanes of at least 4 members (excludes halogenated alkanes) is 3. The van der Waals surface area contributed by atoms with Crippen LogP contribution < -0.4 is 14.2 Å². The summed E-state index contributed by atoms with van der Waals surface area (Å²) in [5, 5.41) is 0. The van der Waals surface area contributed by atoms with Gasteiger partial charge in [-0.25, -0.2) is 4.79 Å². The van der Waals surface area contributed by atoms with Crippen LogP contribution >= 0.6 is 0 Å². The molecule has 0 heterocycles. The third-order valence-electron chi connectivity index (χ3n) is 3.98. The van der Waals surface area contributed by atoms with Gasteiger partial charge in [0.15, 0.2) is 0 Å². The van der Waals surface area contributed by atoms with Crippen molar-refractivity contribution in [3.8, 4) is 17.2 Å². The summed E-state index contributed by atoms with van der Waals surface area (Å²) < 4.78 is 16.6. The number of carbonyl (C=O) groups excluding carboxylic acids is 1. The van der Waals surface area contributed by atoms with Crippen molar-refractivity contribution in [3.63, 3.8) is 0 Å². The van der Waals surface area contributed by atoms with Crippen LogP contribution in [0, 0.1) is 0 Å². The van der Waals surface area contributed by atoms with E-state index in [9.17, 15) is 4.79 Å². The smallest absolute Gasteiger partial charge is 0.343 e. The van der Waals surface area contributed by atoms with Gasteiger partial charge in [-0.3, -0.25) is 0 Å². The summed E-state index contributed by atoms with van der Waals surface area (Å²) >= 11 is 0. The molecule has 2 aromatic carbocycles. The average Bonchev–Trinajstić information content (AvgIpc) is 2.70. The highest BCUT2D eigenvalue weighted by molar-refractivity contribution is 5.91. The monoisotopic (exact) mass is 368 g/mol. The lowest BCUT2D eigenvalue weighted by Gasteiger charge is -2.08. The van der Waals surface area contributed by atoms with Crippen molar-refractivity contribution < 1.29 is 19.0 Å². The maximum Gasteiger partial charge on any atom is 0.343 e. The van der Waals surface area contributed by atoms with Crippen molar-refractivity contribution in [2.75, 3.05) is 13.2 Å². The first kappa shape index (κ1) is 20.6. The Balaban J connectivity index is 1.80. The fraction of sp³-hybridized carbons (Fsp3) is 0.348. The SMILES string of the molecule is C=CCCOc1ccc(C(=O)Oc2ccc(OCCCCCC)cc2)cc1. The number of ether oxygens (including phenoxy) is 3. The Kier molecular flexibility index (Phi) is 8.98. The average molecular weight is 368 g/mol. The minimum absolute atomic E-state index is 0.402. The van der Waals surface area contributed by atoms with E-state index in [1.807, 2.05) is 12.1 Å². The summed E-state index contributed by atoms with van der Waals surface area (Å²) in [5.74, 6) is 1.59. The lowest BCUT2D eigenvalue weighted by atomic mass is 10.2. The van der Waals surface area contributed by atoms with E-state index in [-0.39, 0.29) is 0 Å². The van der Waals surface area contributed by atoms with E-state index >= 15 is 0 Å². The highest BCUT2D eigenvalue weighted by Gasteiger charge is 2.09. The predicted octanol–water partition coefficient (Wildman–Crippen LogP) is 5.82. The van der Waals surface area contributed by atoms with E-state index in [1.165, 1.54) is 19.3 Å². The minimum atomic E-state index is -0.402. The number of carbonyl (C=O) groups is 1. The van der Waals surface area contributed by atoms with Gasteiger partial charge in [0.05, 0.1) is 18.8 Å². The van der Waals surface area contributed by atoms with Crippen molar-refractivity contribution in [1.29, 1.82) is 0 Å². The summed E-state index contributed by atoms with van der Waals surface area (Å²) in [6.07, 6.45) is 7.27. The van der Waals surface area contributed by atoms with Gasteiger partial charge in [-0.1, -0.05) is 32.3 Å². The van der Waals surface area contributed by atoms with Gasteiger partial charge in [0.1, 0.15) is 17.2 Å². The molecule has 0 radical (unpaired) electrons. The highest BCUT2D eigenvalue weighted by Crippen LogP contribution is 2.20. The number of benzene rings is 2. The molecule has 0 aromatic heterocycles. The van der Waals surface area contributed by atoms with E-state index in [2.05, 4.69) is 13.5 Å². The first-order chi connectivity index (χ1) is 13.2. The molecule has 27 heavy (non-hydrogen) atoms. The first-order valence-electron chi connectivity index (χ1n) is 9.51. The van der Waals surface area contributed by atoms with Gasteiger partial charge >= 0.3 is 5.97 Å². The number of esters is 1. The molecular weight excluding hydrogens is 340 g/mol. The Labute approximate surface area is 161 Å². The molecule has 0 saturated carbocycles. The Morgan fingerprint density at radius 3 is 2.07 bits per heavy atom. The van der Waals surface area contributed by atoms with Crippen molar-refractivity contribution in [2.24, 2.45) is 0 Å². The van der Waals surface area contributed by atoms with Crippen LogP contribution in [-0.2, 0) is 0 Å². The van der Waals surface area contributed by atoms with Gasteiger partial charge in [-0.15, -0.1) is 6.58 Å². The minimum Gasteiger partial charge on any atom is -0.494 e. The summed E-state index contributed by atoms with van der Waals surface area (Å²) in [5.41, 5.74) is 0.474. The van der Waals surface area contributed by atoms with Gasteiger partial charge in [0, 0.05) is 0 Å². The quantitative estimate of drug-likeness (QED) is 0.205. The van der Waals surface area contributed by atoms with E-state index in [1.54, 1.807) is 42.5 Å². The number of hydrogen-bond donors (Lipinski definition) is 0. The zero-order valence-electron chi connectivity index (χ0n) is 16.0. The summed E-state index contributed by atoms with van der Waals surface area (Å²) in [6.45, 7) is 7.12. The molecule has 0 aliphatic rings. The highest BCUT2D eigenvalue weighted by atomic mass is 16.5. The van der Waals surface area contributed by atoms with Crippen LogP contribution in [-0.4, -0.2) is 19.2 Å². The lowest BCUT2D eigenvalue weighted by molar-refractivity contribution is 0.0734. The van der Waals surface area contributed by atoms with E-state index in [0.717, 1.165) is 18.6 Å². The largest absolute Gasteiger partial charge is 0.494 e. The summed E-state index contributed by atoms with van der Waals surface area (Å²) in [6, 6.07) is 14.0. The van der Waals surface area contributed by atoms with Crippen LogP contribution in [0.1, 0.15) is 49.4 Å². The Morgan fingerprint density at radius 1 is 0.852 bits per heavy atom. The molecule has 0 N–H and O–H groups in total. The second kappa shape index (κ2) is 11.8. The number of rotatable bonds is 12. The predicted molar refractivity (Wildman–Crippen MR) is 108 cm³/mol. The van der Waals surface area contributed by atoms with Crippen molar-refractivity contribution in [3.05, 3.63) is 66.7 Å². The van der Waals surface area contributed by atoms with E-state index in [0.29, 0.717) is 30.3 Å². The zero-order valence-corrected chi connectivity index (χ0v) is 16.0. The van der Waals surface area contributed by atoms with Crippen LogP contribution in [0.25, 0.3) is 0 Å². The standard InChI is InChI=1S/C23H28O4/c1-3-5-7-8-18-26-21-13-15-22(16-14-21)27-23(24)19-9-11-20(12-10-19)25-17-6-4-2/h4,9-16H,2-3,5-8,17-18H2,1H3. The second-order valence-corrected chi connectivity index (χ2v) is 6.22. The van der Waals surface area contributed by atoms with Gasteiger partial charge in [0.2, 0.25) is 0 Å². The fourth-order valence-corrected chi connectivity index (χ4v) is 2.44. The van der Waals surface area contributed by atoms with Gasteiger partial charge in [-0.2, -0.15) is 0 Å². The third kappa shape index (κ3) is 7.57. The first-order valence-corrected chi connectivity index (χ1v) is 9.51. The van der Waals surface area contributed by atoms with Crippen molar-refractivity contribution in [2.45, 2.75) is 39.0 Å². The summed E-state index contributed by atoms with van der Waals surface area (Å²) in [7, 11) is 0. The van der Waals surface area contributed by atoms with E-state index in [4.69, 9.17) is 14.2 Å². The molecule has 0 unspecified atom stereocenters. The fourth-order valence-electron chi connectivity index (χ4n) is 2.44. The normalized spacial score (nSPS) is 10.3. The van der Waals surface area contributed by atoms with Crippen LogP contribution in [0.5, 0.6) is 17.2 Å². The van der Waals surface area contributed by atoms with Crippen LogP contribution in [0.4, 0.5) is 0 Å². The maximum atomic E-state index is 12.2. The lowest BCUT2D eigenvalue weighted by Crippen LogP contribution is -2.08. The molecule has 0 fully saturated rings. The number of hydrogen-bond acceptors (Lipinski definition) is 4. The topological polar surface area (TPSA) is 44.8 Å². The van der Waals surface area contributed by atoms with Crippen LogP contribution in [0.2, 0.25) is 0 Å². The molecule has 4 nitrogen and oxygen atoms in total. The molecule has 0 amide bonds. The van der Waals surface area contributed by atoms with Crippen LogP contribution in [0.15, 0.2) is 61.2 Å². The molecule has 0 bridgehead atoms. The van der Waals surface area contributed by atoms with Crippen molar-refractivity contribution >= 4 is 5.97 Å². The third-order valence-corrected chi connectivity index (χ3v) is 3.98. The Hall–Kier alpha value is -2.75. The second-order valence-electron chi connectivity index (χ2n) is 6.22. The Bertz CT molecular complexity index is 689.